The zero-order chi connectivity index (χ0) is 26.5. The van der Waals surface area contributed by atoms with E-state index in [1.807, 2.05) is 36.4 Å². The quantitative estimate of drug-likeness (QED) is 0.357. The van der Waals surface area contributed by atoms with Crippen molar-refractivity contribution < 1.29 is 28.6 Å². The van der Waals surface area contributed by atoms with E-state index in [-0.39, 0.29) is 36.6 Å². The van der Waals surface area contributed by atoms with Crippen LogP contribution >= 0.6 is 0 Å². The van der Waals surface area contributed by atoms with E-state index in [2.05, 4.69) is 16.0 Å². The first-order chi connectivity index (χ1) is 18.5. The van der Waals surface area contributed by atoms with Gasteiger partial charge in [0, 0.05) is 23.7 Å². The summed E-state index contributed by atoms with van der Waals surface area (Å²) in [4.78, 5) is 25.1. The van der Waals surface area contributed by atoms with Gasteiger partial charge in [-0.15, -0.1) is 0 Å². The predicted molar refractivity (Wildman–Crippen MR) is 141 cm³/mol. The van der Waals surface area contributed by atoms with Crippen molar-refractivity contribution >= 4 is 23.3 Å². The van der Waals surface area contributed by atoms with Crippen LogP contribution < -0.4 is 20.7 Å². The van der Waals surface area contributed by atoms with Gasteiger partial charge in [-0.2, -0.15) is 0 Å². The van der Waals surface area contributed by atoms with Gasteiger partial charge >= 0.3 is 6.03 Å². The van der Waals surface area contributed by atoms with Crippen LogP contribution in [0.15, 0.2) is 72.8 Å². The summed E-state index contributed by atoms with van der Waals surface area (Å²) in [5, 5.41) is 18.2. The van der Waals surface area contributed by atoms with E-state index in [9.17, 15) is 19.1 Å². The third kappa shape index (κ3) is 5.95. The monoisotopic (exact) mass is 519 g/mol. The summed E-state index contributed by atoms with van der Waals surface area (Å²) in [5.74, 6) is -0.106. The molecule has 3 amide bonds. The maximum atomic E-state index is 13.9. The first-order valence-electron chi connectivity index (χ1n) is 12.7. The number of hydrogen-bond donors (Lipinski definition) is 4. The topological polar surface area (TPSA) is 109 Å². The summed E-state index contributed by atoms with van der Waals surface area (Å²) >= 11 is 0. The van der Waals surface area contributed by atoms with E-state index >= 15 is 0 Å². The number of amides is 3. The number of anilines is 2. The van der Waals surface area contributed by atoms with E-state index in [4.69, 9.17) is 9.47 Å². The molecule has 0 saturated carbocycles. The van der Waals surface area contributed by atoms with Crippen LogP contribution in [0.3, 0.4) is 0 Å². The zero-order valence-electron chi connectivity index (χ0n) is 20.7. The van der Waals surface area contributed by atoms with Crippen LogP contribution in [-0.4, -0.2) is 48.5 Å². The molecular weight excluding hydrogens is 489 g/mol. The Bertz CT molecular complexity index is 1290. The molecule has 3 aromatic carbocycles. The molecule has 0 aromatic heterocycles. The minimum atomic E-state index is -0.580. The van der Waals surface area contributed by atoms with Crippen molar-refractivity contribution in [3.63, 3.8) is 0 Å². The number of ether oxygens (including phenoxy) is 2. The zero-order valence-corrected chi connectivity index (χ0v) is 20.7. The van der Waals surface area contributed by atoms with Gasteiger partial charge in [0.1, 0.15) is 23.8 Å². The van der Waals surface area contributed by atoms with Crippen LogP contribution in [0.2, 0.25) is 0 Å². The van der Waals surface area contributed by atoms with E-state index < -0.39 is 24.1 Å². The molecule has 4 N–H and O–H groups in total. The molecule has 0 aliphatic carbocycles. The molecule has 0 radical (unpaired) electrons. The minimum absolute atomic E-state index is 0.0784. The van der Waals surface area contributed by atoms with Gasteiger partial charge in [-0.05, 0) is 48.7 Å². The highest BCUT2D eigenvalue weighted by Crippen LogP contribution is 2.47. The van der Waals surface area contributed by atoms with Crippen molar-refractivity contribution in [1.82, 2.24) is 5.32 Å². The van der Waals surface area contributed by atoms with E-state index in [1.54, 1.807) is 24.3 Å². The van der Waals surface area contributed by atoms with Gasteiger partial charge in [0.05, 0.1) is 24.8 Å². The standard InChI is InChI=1S/C29H30FN3O5/c30-23-8-4-5-9-24(23)33-29(36)32-19-10-11-25-21(14-19)22-15-20(37-26(17-34)28(22)38-25)16-27(35)31-13-12-18-6-2-1-3-7-18/h1-11,14,20,22,26,28,34H,12-13,15-17H2,(H,31,35)(H2,32,33,36)/t20-,22+,26-,28-/m1/s1. The second-order valence-corrected chi connectivity index (χ2v) is 9.51. The molecule has 8 nitrogen and oxygen atoms in total. The molecule has 3 aromatic rings. The lowest BCUT2D eigenvalue weighted by molar-refractivity contribution is -0.142. The van der Waals surface area contributed by atoms with Crippen molar-refractivity contribution in [2.24, 2.45) is 0 Å². The molecule has 0 bridgehead atoms. The normalized spacial score (nSPS) is 21.5. The highest BCUT2D eigenvalue weighted by atomic mass is 19.1. The third-order valence-corrected chi connectivity index (χ3v) is 6.87. The number of halogens is 1. The van der Waals surface area contributed by atoms with Crippen LogP contribution in [0.4, 0.5) is 20.6 Å². The number of hydrogen-bond acceptors (Lipinski definition) is 5. The number of para-hydroxylation sites is 1. The molecule has 5 rings (SSSR count). The van der Waals surface area contributed by atoms with Crippen LogP contribution in [0.25, 0.3) is 0 Å². The molecular formula is C29H30FN3O5. The Labute approximate surface area is 220 Å². The summed E-state index contributed by atoms with van der Waals surface area (Å²) in [6.45, 7) is 0.290. The van der Waals surface area contributed by atoms with Gasteiger partial charge in [-0.25, -0.2) is 9.18 Å². The van der Waals surface area contributed by atoms with Gasteiger partial charge < -0.3 is 30.5 Å². The van der Waals surface area contributed by atoms with Crippen molar-refractivity contribution in [2.75, 3.05) is 23.8 Å². The molecule has 1 saturated heterocycles. The average Bonchev–Trinajstić information content (AvgIpc) is 3.28. The molecule has 2 heterocycles. The summed E-state index contributed by atoms with van der Waals surface area (Å²) in [7, 11) is 0. The number of aliphatic hydroxyl groups is 1. The number of carbonyl (C=O) groups excluding carboxylic acids is 2. The number of aliphatic hydroxyl groups excluding tert-OH is 1. The fraction of sp³-hybridized carbons (Fsp3) is 0.310. The van der Waals surface area contributed by atoms with Crippen molar-refractivity contribution in [3.8, 4) is 5.75 Å². The number of carbonyl (C=O) groups is 2. The second-order valence-electron chi connectivity index (χ2n) is 9.51. The molecule has 9 heteroatoms. The van der Waals surface area contributed by atoms with Gasteiger partial charge in [-0.3, -0.25) is 4.79 Å². The number of urea groups is 1. The molecule has 2 aliphatic heterocycles. The molecule has 0 spiro atoms. The third-order valence-electron chi connectivity index (χ3n) is 6.87. The minimum Gasteiger partial charge on any atom is -0.487 e. The maximum Gasteiger partial charge on any atom is 0.323 e. The summed E-state index contributed by atoms with van der Waals surface area (Å²) in [6, 6.07) is 20.6. The van der Waals surface area contributed by atoms with E-state index in [0.717, 1.165) is 17.5 Å². The van der Waals surface area contributed by atoms with Crippen molar-refractivity contribution in [2.45, 2.75) is 43.5 Å². The summed E-state index contributed by atoms with van der Waals surface area (Å²) < 4.78 is 26.0. The second kappa shape index (κ2) is 11.6. The lowest BCUT2D eigenvalue weighted by Gasteiger charge is -2.37. The van der Waals surface area contributed by atoms with Crippen molar-refractivity contribution in [3.05, 3.63) is 89.7 Å². The van der Waals surface area contributed by atoms with Crippen molar-refractivity contribution in [1.29, 1.82) is 0 Å². The highest BCUT2D eigenvalue weighted by molar-refractivity contribution is 6.00. The Balaban J connectivity index is 1.21. The molecule has 0 unspecified atom stereocenters. The molecule has 1 fully saturated rings. The summed E-state index contributed by atoms with van der Waals surface area (Å²) in [5.41, 5.74) is 2.62. The molecule has 198 valence electrons. The Morgan fingerprint density at radius 1 is 1.00 bits per heavy atom. The fourth-order valence-electron chi connectivity index (χ4n) is 5.08. The van der Waals surface area contributed by atoms with Crippen LogP contribution in [0, 0.1) is 5.82 Å². The predicted octanol–water partition coefficient (Wildman–Crippen LogP) is 4.21. The largest absolute Gasteiger partial charge is 0.487 e. The lowest BCUT2D eigenvalue weighted by Crippen LogP contribution is -2.47. The van der Waals surface area contributed by atoms with Gasteiger partial charge in [-0.1, -0.05) is 42.5 Å². The smallest absolute Gasteiger partial charge is 0.323 e. The highest BCUT2D eigenvalue weighted by Gasteiger charge is 2.46. The van der Waals surface area contributed by atoms with Crippen LogP contribution in [0.1, 0.15) is 29.9 Å². The summed E-state index contributed by atoms with van der Waals surface area (Å²) in [6.07, 6.45) is 0.0844. The first kappa shape index (κ1) is 25.7. The Morgan fingerprint density at radius 3 is 2.58 bits per heavy atom. The molecule has 2 aliphatic rings. The van der Waals surface area contributed by atoms with Crippen LogP contribution in [0.5, 0.6) is 5.75 Å². The van der Waals surface area contributed by atoms with E-state index in [1.165, 1.54) is 12.1 Å². The lowest BCUT2D eigenvalue weighted by atomic mass is 9.84. The van der Waals surface area contributed by atoms with Gasteiger partial charge in [0.2, 0.25) is 5.91 Å². The average molecular weight is 520 g/mol. The maximum absolute atomic E-state index is 13.9. The Morgan fingerprint density at radius 2 is 1.79 bits per heavy atom. The SMILES string of the molecule is O=C(C[C@H]1C[C@H]2c3cc(NC(=O)Nc4ccccc4F)ccc3O[C@H]2[C@@H](CO)O1)NCCc1ccccc1. The number of fused-ring (bicyclic) bond motifs is 3. The molecule has 4 atom stereocenters. The first-order valence-corrected chi connectivity index (χ1v) is 12.7. The van der Waals surface area contributed by atoms with E-state index in [0.29, 0.717) is 24.4 Å². The molecule has 38 heavy (non-hydrogen) atoms. The fourth-order valence-corrected chi connectivity index (χ4v) is 5.08. The van der Waals surface area contributed by atoms with Gasteiger partial charge in [0.25, 0.3) is 0 Å². The van der Waals surface area contributed by atoms with Gasteiger partial charge in [0.15, 0.2) is 0 Å². The number of nitrogens with one attached hydrogen (secondary N) is 3. The van der Waals surface area contributed by atoms with Crippen LogP contribution in [-0.2, 0) is 16.0 Å². The number of rotatable bonds is 8. The Hall–Kier alpha value is -3.95. The Kier molecular flexibility index (Phi) is 7.86. The number of benzene rings is 3.